The van der Waals surface area contributed by atoms with Gasteiger partial charge in [-0.1, -0.05) is 38.8 Å². The van der Waals surface area contributed by atoms with Crippen molar-refractivity contribution in [1.82, 2.24) is 10.3 Å². The molecule has 0 fully saturated rings. The van der Waals surface area contributed by atoms with Crippen molar-refractivity contribution in [2.45, 2.75) is 19.4 Å². The quantitative estimate of drug-likeness (QED) is 0.810. The Bertz CT molecular complexity index is 500. The SMILES string of the molecule is CCNC(Cc1cncs1)c1cc(Br)ccc1Br. The van der Waals surface area contributed by atoms with Crippen LogP contribution in [0, 0.1) is 0 Å². The zero-order valence-corrected chi connectivity index (χ0v) is 14.0. The van der Waals surface area contributed by atoms with E-state index in [2.05, 4.69) is 61.2 Å². The van der Waals surface area contributed by atoms with Gasteiger partial charge < -0.3 is 5.32 Å². The molecule has 96 valence electrons. The molecule has 2 nitrogen and oxygen atoms in total. The highest BCUT2D eigenvalue weighted by Gasteiger charge is 2.15. The van der Waals surface area contributed by atoms with E-state index in [1.165, 1.54) is 10.4 Å². The second-order valence-corrected chi connectivity index (χ2v) is 6.69. The maximum absolute atomic E-state index is 4.14. The molecule has 1 unspecified atom stereocenters. The molecule has 0 saturated carbocycles. The first-order valence-electron chi connectivity index (χ1n) is 5.76. The molecule has 1 atom stereocenters. The smallest absolute Gasteiger partial charge is 0.0794 e. The van der Waals surface area contributed by atoms with Gasteiger partial charge in [0.2, 0.25) is 0 Å². The summed E-state index contributed by atoms with van der Waals surface area (Å²) in [7, 11) is 0. The van der Waals surface area contributed by atoms with Gasteiger partial charge in [0.05, 0.1) is 5.51 Å². The first kappa shape index (κ1) is 14.2. The second-order valence-electron chi connectivity index (χ2n) is 3.95. The fraction of sp³-hybridized carbons (Fsp3) is 0.308. The number of thiazole rings is 1. The van der Waals surface area contributed by atoms with E-state index in [9.17, 15) is 0 Å². The van der Waals surface area contributed by atoms with Crippen LogP contribution in [-0.2, 0) is 6.42 Å². The summed E-state index contributed by atoms with van der Waals surface area (Å²) in [6, 6.07) is 6.60. The Morgan fingerprint density at radius 3 is 2.89 bits per heavy atom. The van der Waals surface area contributed by atoms with E-state index in [-0.39, 0.29) is 0 Å². The number of benzene rings is 1. The van der Waals surface area contributed by atoms with Crippen LogP contribution in [0.25, 0.3) is 0 Å². The van der Waals surface area contributed by atoms with Crippen molar-refractivity contribution >= 4 is 43.2 Å². The molecule has 0 aliphatic carbocycles. The van der Waals surface area contributed by atoms with E-state index in [4.69, 9.17) is 0 Å². The van der Waals surface area contributed by atoms with Gasteiger partial charge in [0.25, 0.3) is 0 Å². The number of hydrogen-bond acceptors (Lipinski definition) is 3. The van der Waals surface area contributed by atoms with Crippen molar-refractivity contribution in [3.8, 4) is 0 Å². The molecule has 0 aliphatic rings. The summed E-state index contributed by atoms with van der Waals surface area (Å²) in [4.78, 5) is 5.44. The Morgan fingerprint density at radius 2 is 2.22 bits per heavy atom. The number of aromatic nitrogens is 1. The highest BCUT2D eigenvalue weighted by molar-refractivity contribution is 9.11. The number of rotatable bonds is 5. The lowest BCUT2D eigenvalue weighted by molar-refractivity contribution is 0.551. The van der Waals surface area contributed by atoms with Crippen LogP contribution in [0.5, 0.6) is 0 Å². The average molecular weight is 390 g/mol. The summed E-state index contributed by atoms with van der Waals surface area (Å²) in [6.45, 7) is 3.08. The second kappa shape index (κ2) is 6.80. The van der Waals surface area contributed by atoms with E-state index in [0.29, 0.717) is 6.04 Å². The molecule has 5 heteroatoms. The zero-order valence-electron chi connectivity index (χ0n) is 9.99. The number of nitrogens with zero attached hydrogens (tertiary/aromatic N) is 1. The van der Waals surface area contributed by atoms with Gasteiger partial charge in [0.1, 0.15) is 0 Å². The molecule has 0 amide bonds. The van der Waals surface area contributed by atoms with Gasteiger partial charge in [-0.15, -0.1) is 11.3 Å². The van der Waals surface area contributed by atoms with Gasteiger partial charge in [0.15, 0.2) is 0 Å². The molecule has 1 aromatic carbocycles. The van der Waals surface area contributed by atoms with Crippen molar-refractivity contribution in [3.05, 3.63) is 49.3 Å². The van der Waals surface area contributed by atoms with E-state index in [0.717, 1.165) is 21.9 Å². The van der Waals surface area contributed by atoms with E-state index < -0.39 is 0 Å². The summed E-state index contributed by atoms with van der Waals surface area (Å²) in [5.41, 5.74) is 3.16. The fourth-order valence-corrected chi connectivity index (χ4v) is 3.41. The molecule has 18 heavy (non-hydrogen) atoms. The van der Waals surface area contributed by atoms with Crippen molar-refractivity contribution < 1.29 is 0 Å². The minimum Gasteiger partial charge on any atom is -0.310 e. The lowest BCUT2D eigenvalue weighted by Gasteiger charge is -2.19. The van der Waals surface area contributed by atoms with Crippen LogP contribution >= 0.6 is 43.2 Å². The molecule has 0 aliphatic heterocycles. The predicted octanol–water partition coefficient (Wildman–Crippen LogP) is 4.56. The van der Waals surface area contributed by atoms with Crippen molar-refractivity contribution in [3.63, 3.8) is 0 Å². The molecule has 0 spiro atoms. The Balaban J connectivity index is 2.26. The third-order valence-corrected chi connectivity index (χ3v) is 4.69. The summed E-state index contributed by atoms with van der Waals surface area (Å²) >= 11 is 8.87. The number of likely N-dealkylation sites (N-methyl/N-ethyl adjacent to an activating group) is 1. The first-order chi connectivity index (χ1) is 8.70. The minimum absolute atomic E-state index is 0.308. The van der Waals surface area contributed by atoms with Crippen LogP contribution in [0.1, 0.15) is 23.4 Å². The maximum Gasteiger partial charge on any atom is 0.0794 e. The molecule has 2 aromatic rings. The molecule has 2 rings (SSSR count). The molecule has 1 N–H and O–H groups in total. The Kier molecular flexibility index (Phi) is 5.36. The van der Waals surface area contributed by atoms with Gasteiger partial charge in [-0.25, -0.2) is 0 Å². The molecule has 0 bridgehead atoms. The van der Waals surface area contributed by atoms with Crippen molar-refractivity contribution in [1.29, 1.82) is 0 Å². The zero-order chi connectivity index (χ0) is 13.0. The molecule has 1 heterocycles. The molecule has 0 radical (unpaired) electrons. The third-order valence-electron chi connectivity index (χ3n) is 2.67. The van der Waals surface area contributed by atoms with Gasteiger partial charge >= 0.3 is 0 Å². The summed E-state index contributed by atoms with van der Waals surface area (Å²) in [6.07, 6.45) is 2.91. The number of hydrogen-bond donors (Lipinski definition) is 1. The van der Waals surface area contributed by atoms with Crippen LogP contribution in [0.2, 0.25) is 0 Å². The summed E-state index contributed by atoms with van der Waals surface area (Å²) in [5.74, 6) is 0. The molecule has 1 aromatic heterocycles. The highest BCUT2D eigenvalue weighted by Crippen LogP contribution is 2.29. The third kappa shape index (κ3) is 3.63. The van der Waals surface area contributed by atoms with Crippen LogP contribution in [0.3, 0.4) is 0 Å². The normalized spacial score (nSPS) is 12.6. The van der Waals surface area contributed by atoms with Gasteiger partial charge in [-0.2, -0.15) is 0 Å². The van der Waals surface area contributed by atoms with Crippen LogP contribution in [-0.4, -0.2) is 11.5 Å². The van der Waals surface area contributed by atoms with E-state index in [1.54, 1.807) is 11.3 Å². The predicted molar refractivity (Wildman–Crippen MR) is 84.1 cm³/mol. The van der Waals surface area contributed by atoms with Crippen LogP contribution in [0.15, 0.2) is 38.9 Å². The lowest BCUT2D eigenvalue weighted by Crippen LogP contribution is -2.23. The summed E-state index contributed by atoms with van der Waals surface area (Å²) < 4.78 is 2.24. The number of halogens is 2. The van der Waals surface area contributed by atoms with Gasteiger partial charge in [-0.05, 0) is 30.3 Å². The Labute approximate surface area is 128 Å². The van der Waals surface area contributed by atoms with Crippen LogP contribution in [0.4, 0.5) is 0 Å². The monoisotopic (exact) mass is 388 g/mol. The molecular weight excluding hydrogens is 376 g/mol. The minimum atomic E-state index is 0.308. The van der Waals surface area contributed by atoms with E-state index >= 15 is 0 Å². The number of nitrogens with one attached hydrogen (secondary N) is 1. The summed E-state index contributed by atoms with van der Waals surface area (Å²) in [5, 5.41) is 3.53. The Hall–Kier alpha value is -0.230. The van der Waals surface area contributed by atoms with Gasteiger partial charge in [-0.3, -0.25) is 4.98 Å². The topological polar surface area (TPSA) is 24.9 Å². The standard InChI is InChI=1S/C13H14Br2N2S/c1-2-17-13(6-10-7-16-8-18-10)11-5-9(14)3-4-12(11)15/h3-5,7-8,13,17H,2,6H2,1H3. The lowest BCUT2D eigenvalue weighted by atomic mass is 10.0. The fourth-order valence-electron chi connectivity index (χ4n) is 1.86. The largest absolute Gasteiger partial charge is 0.310 e. The molecular formula is C13H14Br2N2S. The maximum atomic E-state index is 4.14. The molecule has 0 saturated heterocycles. The van der Waals surface area contributed by atoms with Crippen LogP contribution < -0.4 is 5.32 Å². The van der Waals surface area contributed by atoms with Crippen molar-refractivity contribution in [2.24, 2.45) is 0 Å². The van der Waals surface area contributed by atoms with Gasteiger partial charge in [0, 0.05) is 32.5 Å². The highest BCUT2D eigenvalue weighted by atomic mass is 79.9. The Morgan fingerprint density at radius 1 is 1.39 bits per heavy atom. The van der Waals surface area contributed by atoms with E-state index in [1.807, 2.05) is 17.8 Å². The first-order valence-corrected chi connectivity index (χ1v) is 8.23. The van der Waals surface area contributed by atoms with Crippen molar-refractivity contribution in [2.75, 3.05) is 6.54 Å². The average Bonchev–Trinajstić information content (AvgIpc) is 2.85.